The molecule has 0 saturated heterocycles. The number of nitrogens with zero attached hydrogens (tertiary/aromatic N) is 2. The molecule has 0 spiro atoms. The molecule has 0 N–H and O–H groups in total. The first-order valence-corrected chi connectivity index (χ1v) is 11.3. The van der Waals surface area contributed by atoms with E-state index >= 15 is 0 Å². The van der Waals surface area contributed by atoms with Gasteiger partial charge in [-0.1, -0.05) is 12.1 Å². The van der Waals surface area contributed by atoms with E-state index in [4.69, 9.17) is 23.4 Å². The lowest BCUT2D eigenvalue weighted by atomic mass is 9.98. The summed E-state index contributed by atoms with van der Waals surface area (Å²) >= 11 is 0. The van der Waals surface area contributed by atoms with Crippen LogP contribution in [-0.4, -0.2) is 34.2 Å². The summed E-state index contributed by atoms with van der Waals surface area (Å²) in [7, 11) is 4.81. The van der Waals surface area contributed by atoms with Gasteiger partial charge in [-0.25, -0.2) is 4.99 Å². The average molecular weight is 483 g/mol. The molecule has 7 heteroatoms. The topological polar surface area (TPSA) is 86.2 Å². The minimum absolute atomic E-state index is 0.210. The third kappa shape index (κ3) is 5.03. The van der Waals surface area contributed by atoms with Crippen molar-refractivity contribution in [1.82, 2.24) is 0 Å². The Bertz CT molecular complexity index is 1400. The Labute approximate surface area is 210 Å². The van der Waals surface area contributed by atoms with Gasteiger partial charge in [0.25, 0.3) is 0 Å². The highest BCUT2D eigenvalue weighted by molar-refractivity contribution is 5.90. The monoisotopic (exact) mass is 482 g/mol. The SMILES string of the molecule is CCOc1ccc(C=Nc2oc(-c3ccc(OC)cc3)c(-c3ccc(OC)cc3)c2C#N)cc1OC. The Balaban J connectivity index is 1.81. The number of aliphatic imine (C=N–C) groups is 1. The second-order valence-corrected chi connectivity index (χ2v) is 7.66. The molecule has 0 radical (unpaired) electrons. The highest BCUT2D eigenvalue weighted by Gasteiger charge is 2.23. The Morgan fingerprint density at radius 3 is 2.03 bits per heavy atom. The molecular weight excluding hydrogens is 456 g/mol. The molecule has 4 aromatic rings. The normalized spacial score (nSPS) is 10.8. The predicted octanol–water partition coefficient (Wildman–Crippen LogP) is 6.66. The number of benzene rings is 3. The van der Waals surface area contributed by atoms with E-state index in [0.29, 0.717) is 35.0 Å². The summed E-state index contributed by atoms with van der Waals surface area (Å²) in [5.41, 5.74) is 3.36. The third-order valence-electron chi connectivity index (χ3n) is 5.55. The summed E-state index contributed by atoms with van der Waals surface area (Å²) < 4.78 is 27.8. The van der Waals surface area contributed by atoms with Crippen LogP contribution < -0.4 is 18.9 Å². The van der Waals surface area contributed by atoms with Crippen LogP contribution in [0.25, 0.3) is 22.5 Å². The molecule has 7 nitrogen and oxygen atoms in total. The van der Waals surface area contributed by atoms with E-state index in [-0.39, 0.29) is 5.88 Å². The van der Waals surface area contributed by atoms with Crippen LogP contribution in [0.2, 0.25) is 0 Å². The van der Waals surface area contributed by atoms with Gasteiger partial charge < -0.3 is 23.4 Å². The molecule has 0 amide bonds. The summed E-state index contributed by atoms with van der Waals surface area (Å²) in [5, 5.41) is 10.1. The lowest BCUT2D eigenvalue weighted by molar-refractivity contribution is 0.311. The van der Waals surface area contributed by atoms with Crippen LogP contribution in [-0.2, 0) is 0 Å². The highest BCUT2D eigenvalue weighted by atomic mass is 16.5. The van der Waals surface area contributed by atoms with Crippen molar-refractivity contribution in [3.8, 4) is 51.5 Å². The molecule has 0 aliphatic heterocycles. The number of furan rings is 1. The van der Waals surface area contributed by atoms with E-state index in [1.165, 1.54) is 0 Å². The van der Waals surface area contributed by atoms with Crippen LogP contribution in [0.3, 0.4) is 0 Å². The minimum atomic E-state index is 0.210. The van der Waals surface area contributed by atoms with E-state index in [1.54, 1.807) is 27.5 Å². The number of ether oxygens (including phenoxy) is 4. The van der Waals surface area contributed by atoms with Gasteiger partial charge in [0.05, 0.1) is 27.9 Å². The summed E-state index contributed by atoms with van der Waals surface area (Å²) in [6.45, 7) is 2.44. The van der Waals surface area contributed by atoms with Crippen molar-refractivity contribution in [3.05, 3.63) is 77.9 Å². The van der Waals surface area contributed by atoms with E-state index in [1.807, 2.05) is 73.7 Å². The molecule has 36 heavy (non-hydrogen) atoms. The van der Waals surface area contributed by atoms with Gasteiger partial charge >= 0.3 is 0 Å². The molecule has 0 unspecified atom stereocenters. The molecule has 0 atom stereocenters. The Morgan fingerprint density at radius 2 is 1.47 bits per heavy atom. The van der Waals surface area contributed by atoms with E-state index in [9.17, 15) is 5.26 Å². The van der Waals surface area contributed by atoms with Gasteiger partial charge in [0.1, 0.15) is 28.9 Å². The molecule has 182 valence electrons. The van der Waals surface area contributed by atoms with Crippen molar-refractivity contribution < 1.29 is 23.4 Å². The lowest BCUT2D eigenvalue weighted by Crippen LogP contribution is -1.96. The van der Waals surface area contributed by atoms with Gasteiger partial charge in [-0.15, -0.1) is 0 Å². The molecule has 0 aliphatic carbocycles. The predicted molar refractivity (Wildman–Crippen MR) is 139 cm³/mol. The molecule has 4 rings (SSSR count). The fourth-order valence-corrected chi connectivity index (χ4v) is 3.76. The number of hydrogen-bond acceptors (Lipinski definition) is 7. The number of hydrogen-bond donors (Lipinski definition) is 0. The number of nitriles is 1. The van der Waals surface area contributed by atoms with Crippen LogP contribution in [0.1, 0.15) is 18.1 Å². The number of methoxy groups -OCH3 is 3. The van der Waals surface area contributed by atoms with Gasteiger partial charge in [-0.3, -0.25) is 0 Å². The van der Waals surface area contributed by atoms with E-state index in [2.05, 4.69) is 11.1 Å². The van der Waals surface area contributed by atoms with Crippen molar-refractivity contribution in [2.24, 2.45) is 4.99 Å². The molecule has 0 fully saturated rings. The molecule has 0 aliphatic rings. The first-order valence-electron chi connectivity index (χ1n) is 11.3. The largest absolute Gasteiger partial charge is 0.497 e. The maximum absolute atomic E-state index is 10.1. The summed E-state index contributed by atoms with van der Waals surface area (Å²) in [6, 6.07) is 22.7. The van der Waals surface area contributed by atoms with Crippen molar-refractivity contribution in [2.45, 2.75) is 6.92 Å². The fourth-order valence-electron chi connectivity index (χ4n) is 3.76. The zero-order chi connectivity index (χ0) is 25.5. The first kappa shape index (κ1) is 24.4. The first-order chi connectivity index (χ1) is 17.6. The molecule has 1 aromatic heterocycles. The van der Waals surface area contributed by atoms with E-state index < -0.39 is 0 Å². The zero-order valence-electron chi connectivity index (χ0n) is 20.6. The van der Waals surface area contributed by atoms with Gasteiger partial charge in [0.2, 0.25) is 5.88 Å². The lowest BCUT2D eigenvalue weighted by Gasteiger charge is -2.09. The molecular formula is C29H26N2O5. The Hall–Kier alpha value is -4.70. The van der Waals surface area contributed by atoms with Crippen LogP contribution in [0.5, 0.6) is 23.0 Å². The smallest absolute Gasteiger partial charge is 0.238 e. The summed E-state index contributed by atoms with van der Waals surface area (Å²) in [6.07, 6.45) is 1.63. The molecule has 1 heterocycles. The zero-order valence-corrected chi connectivity index (χ0v) is 20.6. The van der Waals surface area contributed by atoms with Crippen LogP contribution >= 0.6 is 0 Å². The van der Waals surface area contributed by atoms with Gasteiger partial charge in [-0.2, -0.15) is 5.26 Å². The highest BCUT2D eigenvalue weighted by Crippen LogP contribution is 2.43. The third-order valence-corrected chi connectivity index (χ3v) is 5.55. The average Bonchev–Trinajstić information content (AvgIpc) is 3.31. The second kappa shape index (κ2) is 11.2. The van der Waals surface area contributed by atoms with Gasteiger partial charge in [-0.05, 0) is 72.6 Å². The van der Waals surface area contributed by atoms with Gasteiger partial charge in [0, 0.05) is 17.3 Å². The molecule has 0 saturated carbocycles. The summed E-state index contributed by atoms with van der Waals surface area (Å²) in [5.74, 6) is 3.43. The quantitative estimate of drug-likeness (QED) is 0.248. The molecule has 3 aromatic carbocycles. The standard InChI is InChI=1S/C29H26N2O5/c1-5-35-25-15-6-19(16-26(25)34-4)18-31-29-24(17-30)27(20-7-11-22(32-2)12-8-20)28(36-29)21-9-13-23(33-3)14-10-21/h6-16,18H,5H2,1-4H3. The maximum Gasteiger partial charge on any atom is 0.238 e. The second-order valence-electron chi connectivity index (χ2n) is 7.66. The van der Waals surface area contributed by atoms with Crippen LogP contribution in [0.4, 0.5) is 5.88 Å². The summed E-state index contributed by atoms with van der Waals surface area (Å²) in [4.78, 5) is 4.54. The fraction of sp³-hybridized carbons (Fsp3) is 0.172. The molecule has 0 bridgehead atoms. The van der Waals surface area contributed by atoms with Gasteiger partial charge in [0.15, 0.2) is 11.5 Å². The van der Waals surface area contributed by atoms with Crippen LogP contribution in [0.15, 0.2) is 76.1 Å². The van der Waals surface area contributed by atoms with Crippen LogP contribution in [0, 0.1) is 11.3 Å². The van der Waals surface area contributed by atoms with Crippen molar-refractivity contribution in [2.75, 3.05) is 27.9 Å². The van der Waals surface area contributed by atoms with E-state index in [0.717, 1.165) is 28.2 Å². The van der Waals surface area contributed by atoms with Crippen molar-refractivity contribution in [1.29, 1.82) is 5.26 Å². The van der Waals surface area contributed by atoms with Crippen molar-refractivity contribution in [3.63, 3.8) is 0 Å². The minimum Gasteiger partial charge on any atom is -0.497 e. The number of rotatable bonds is 9. The Morgan fingerprint density at radius 1 is 0.833 bits per heavy atom. The maximum atomic E-state index is 10.1. The van der Waals surface area contributed by atoms with Crippen molar-refractivity contribution >= 4 is 12.1 Å². The Kier molecular flexibility index (Phi) is 7.57.